The fraction of sp³-hybridized carbons (Fsp3) is 0.400. The van der Waals surface area contributed by atoms with E-state index < -0.39 is 0 Å². The van der Waals surface area contributed by atoms with Gasteiger partial charge < -0.3 is 14.4 Å². The zero-order chi connectivity index (χ0) is 18.4. The van der Waals surface area contributed by atoms with Crippen molar-refractivity contribution in [3.05, 3.63) is 58.8 Å². The number of carbonyl (C=O) groups is 1. The Hall–Kier alpha value is -2.08. The highest BCUT2D eigenvalue weighted by Crippen LogP contribution is 2.25. The van der Waals surface area contributed by atoms with Crippen molar-refractivity contribution in [3.63, 3.8) is 0 Å². The van der Waals surface area contributed by atoms with Crippen LogP contribution in [0.25, 0.3) is 0 Å². The van der Waals surface area contributed by atoms with Gasteiger partial charge in [0, 0.05) is 13.1 Å². The van der Waals surface area contributed by atoms with Gasteiger partial charge in [-0.3, -0.25) is 0 Å². The van der Waals surface area contributed by atoms with E-state index >= 15 is 0 Å². The number of aromatic nitrogens is 1. The number of carbonyl (C=O) groups excluding carboxylic acids is 1. The van der Waals surface area contributed by atoms with Crippen LogP contribution < -0.4 is 4.74 Å². The number of nitrogens with zero attached hydrogens (tertiary/aromatic N) is 2. The Balaban J connectivity index is 1.43. The number of piperidine rings is 1. The molecular weight excluding hydrogens is 396 g/mol. The Morgan fingerprint density at radius 2 is 1.96 bits per heavy atom. The molecule has 1 aromatic heterocycles. The third-order valence-electron chi connectivity index (χ3n) is 4.69. The van der Waals surface area contributed by atoms with Crippen molar-refractivity contribution < 1.29 is 14.3 Å². The van der Waals surface area contributed by atoms with E-state index in [4.69, 9.17) is 9.47 Å². The van der Waals surface area contributed by atoms with E-state index in [0.717, 1.165) is 28.8 Å². The minimum absolute atomic E-state index is 0.0838. The highest BCUT2D eigenvalue weighted by molar-refractivity contribution is 9.10. The normalized spacial score (nSPS) is 16.2. The molecule has 1 aliphatic rings. The molecule has 1 aromatic carbocycles. The number of hydrogen-bond donors (Lipinski definition) is 0. The van der Waals surface area contributed by atoms with Crippen molar-refractivity contribution in [1.82, 2.24) is 9.88 Å². The number of halogens is 1. The average Bonchev–Trinajstić information content (AvgIpc) is 2.69. The lowest BCUT2D eigenvalue weighted by atomic mass is 9.92. The summed E-state index contributed by atoms with van der Waals surface area (Å²) in [5.74, 6) is 1.18. The van der Waals surface area contributed by atoms with Gasteiger partial charge in [0.05, 0.1) is 12.3 Å². The summed E-state index contributed by atoms with van der Waals surface area (Å²) in [4.78, 5) is 18.2. The van der Waals surface area contributed by atoms with Gasteiger partial charge in [-0.05, 0) is 59.3 Å². The molecule has 2 aromatic rings. The van der Waals surface area contributed by atoms with Crippen LogP contribution in [0.15, 0.2) is 53.3 Å². The van der Waals surface area contributed by atoms with E-state index in [1.165, 1.54) is 0 Å². The Bertz CT molecular complexity index is 701. The third-order valence-corrected chi connectivity index (χ3v) is 5.16. The number of benzene rings is 1. The van der Waals surface area contributed by atoms with Crippen LogP contribution in [0.3, 0.4) is 0 Å². The smallest absolute Gasteiger partial charge is 0.410 e. The molecule has 1 unspecified atom stereocenters. The maximum atomic E-state index is 12.2. The molecule has 0 N–H and O–H groups in total. The first-order valence-corrected chi connectivity index (χ1v) is 9.65. The van der Waals surface area contributed by atoms with Gasteiger partial charge in [0.2, 0.25) is 0 Å². The van der Waals surface area contributed by atoms with E-state index in [0.29, 0.717) is 25.6 Å². The van der Waals surface area contributed by atoms with Gasteiger partial charge in [0.1, 0.15) is 17.0 Å². The van der Waals surface area contributed by atoms with Crippen LogP contribution in [0.4, 0.5) is 4.79 Å². The minimum Gasteiger partial charge on any atom is -0.489 e. The summed E-state index contributed by atoms with van der Waals surface area (Å²) in [7, 11) is 0. The van der Waals surface area contributed by atoms with Gasteiger partial charge in [-0.1, -0.05) is 30.3 Å². The summed E-state index contributed by atoms with van der Waals surface area (Å²) >= 11 is 3.32. The number of rotatable bonds is 5. The van der Waals surface area contributed by atoms with E-state index in [1.54, 1.807) is 11.1 Å². The number of likely N-dealkylation sites (tertiary alicyclic amines) is 1. The molecule has 1 atom stereocenters. The number of amides is 1. The number of hydrogen-bond acceptors (Lipinski definition) is 4. The van der Waals surface area contributed by atoms with Crippen LogP contribution in [0.5, 0.6) is 5.75 Å². The second-order valence-electron chi connectivity index (χ2n) is 6.50. The molecule has 2 heterocycles. The minimum atomic E-state index is -0.238. The molecule has 1 aliphatic heterocycles. The van der Waals surface area contributed by atoms with Crippen LogP contribution >= 0.6 is 15.9 Å². The lowest BCUT2D eigenvalue weighted by Gasteiger charge is -2.34. The van der Waals surface area contributed by atoms with Crippen molar-refractivity contribution >= 4 is 22.0 Å². The van der Waals surface area contributed by atoms with Gasteiger partial charge >= 0.3 is 6.09 Å². The summed E-state index contributed by atoms with van der Waals surface area (Å²) in [6.45, 7) is 3.79. The Labute approximate surface area is 162 Å². The Morgan fingerprint density at radius 3 is 2.62 bits per heavy atom. The molecule has 0 radical (unpaired) electrons. The monoisotopic (exact) mass is 418 g/mol. The van der Waals surface area contributed by atoms with E-state index in [-0.39, 0.29) is 12.2 Å². The van der Waals surface area contributed by atoms with Crippen molar-refractivity contribution in [2.24, 2.45) is 5.92 Å². The first-order valence-electron chi connectivity index (χ1n) is 8.85. The SMILES string of the molecule is CC(Oc1ccc(Br)nc1)C1CCN(C(=O)OCc2ccccc2)CC1. The van der Waals surface area contributed by atoms with Crippen LogP contribution in [-0.2, 0) is 11.3 Å². The van der Waals surface area contributed by atoms with Crippen LogP contribution in [0.2, 0.25) is 0 Å². The molecule has 26 heavy (non-hydrogen) atoms. The molecule has 3 rings (SSSR count). The fourth-order valence-corrected chi connectivity index (χ4v) is 3.34. The van der Waals surface area contributed by atoms with Crippen LogP contribution in [-0.4, -0.2) is 35.2 Å². The number of pyridine rings is 1. The summed E-state index contributed by atoms with van der Waals surface area (Å²) in [6.07, 6.45) is 3.38. The average molecular weight is 419 g/mol. The van der Waals surface area contributed by atoms with Crippen molar-refractivity contribution in [1.29, 1.82) is 0 Å². The summed E-state index contributed by atoms with van der Waals surface area (Å²) in [5.41, 5.74) is 1.00. The molecule has 1 fully saturated rings. The molecule has 6 heteroatoms. The second-order valence-corrected chi connectivity index (χ2v) is 7.32. The van der Waals surface area contributed by atoms with Gasteiger partial charge in [-0.15, -0.1) is 0 Å². The first-order chi connectivity index (χ1) is 12.6. The van der Waals surface area contributed by atoms with E-state index in [9.17, 15) is 4.79 Å². The quantitative estimate of drug-likeness (QED) is 0.662. The molecular formula is C20H23BrN2O3. The maximum absolute atomic E-state index is 12.2. The van der Waals surface area contributed by atoms with Crippen LogP contribution in [0.1, 0.15) is 25.3 Å². The van der Waals surface area contributed by atoms with Crippen molar-refractivity contribution in [3.8, 4) is 5.75 Å². The molecule has 0 bridgehead atoms. The summed E-state index contributed by atoms with van der Waals surface area (Å²) in [6, 6.07) is 13.5. The topological polar surface area (TPSA) is 51.7 Å². The zero-order valence-corrected chi connectivity index (χ0v) is 16.4. The zero-order valence-electron chi connectivity index (χ0n) is 14.8. The third kappa shape index (κ3) is 5.21. The Morgan fingerprint density at radius 1 is 1.23 bits per heavy atom. The molecule has 138 valence electrons. The maximum Gasteiger partial charge on any atom is 0.410 e. The molecule has 1 saturated heterocycles. The summed E-state index contributed by atoms with van der Waals surface area (Å²) < 4.78 is 12.2. The van der Waals surface area contributed by atoms with Crippen molar-refractivity contribution in [2.75, 3.05) is 13.1 Å². The first kappa shape index (κ1) is 18.7. The highest BCUT2D eigenvalue weighted by Gasteiger charge is 2.28. The molecule has 0 spiro atoms. The molecule has 1 amide bonds. The van der Waals surface area contributed by atoms with Gasteiger partial charge in [-0.25, -0.2) is 9.78 Å². The standard InChI is InChI=1S/C20H23BrN2O3/c1-15(26-18-7-8-19(21)22-13-18)17-9-11-23(12-10-17)20(24)25-14-16-5-3-2-4-6-16/h2-8,13,15,17H,9-12,14H2,1H3. The Kier molecular flexibility index (Phi) is 6.50. The molecule has 0 saturated carbocycles. The van der Waals surface area contributed by atoms with E-state index in [2.05, 4.69) is 27.8 Å². The second kappa shape index (κ2) is 9.03. The summed E-state index contributed by atoms with van der Waals surface area (Å²) in [5, 5.41) is 0. The van der Waals surface area contributed by atoms with Crippen LogP contribution in [0, 0.1) is 5.92 Å². The largest absolute Gasteiger partial charge is 0.489 e. The lowest BCUT2D eigenvalue weighted by molar-refractivity contribution is 0.0604. The predicted octanol–water partition coefficient (Wildman–Crippen LogP) is 4.66. The van der Waals surface area contributed by atoms with Gasteiger partial charge in [0.25, 0.3) is 0 Å². The van der Waals surface area contributed by atoms with Gasteiger partial charge in [0.15, 0.2) is 0 Å². The van der Waals surface area contributed by atoms with Crippen molar-refractivity contribution in [2.45, 2.75) is 32.5 Å². The van der Waals surface area contributed by atoms with E-state index in [1.807, 2.05) is 42.5 Å². The molecule has 5 nitrogen and oxygen atoms in total. The predicted molar refractivity (Wildman–Crippen MR) is 103 cm³/mol. The lowest BCUT2D eigenvalue weighted by Crippen LogP contribution is -2.42. The number of ether oxygens (including phenoxy) is 2. The highest BCUT2D eigenvalue weighted by atomic mass is 79.9. The van der Waals surface area contributed by atoms with Gasteiger partial charge in [-0.2, -0.15) is 0 Å². The molecule has 0 aliphatic carbocycles. The fourth-order valence-electron chi connectivity index (χ4n) is 3.10.